The summed E-state index contributed by atoms with van der Waals surface area (Å²) in [5, 5.41) is 4.26. The van der Waals surface area contributed by atoms with Gasteiger partial charge in [0.25, 0.3) is 0 Å². The lowest BCUT2D eigenvalue weighted by Gasteiger charge is -2.32. The molecule has 1 fully saturated rings. The Labute approximate surface area is 135 Å². The van der Waals surface area contributed by atoms with Crippen molar-refractivity contribution in [3.8, 4) is 0 Å². The van der Waals surface area contributed by atoms with E-state index in [1.54, 1.807) is 6.20 Å². The van der Waals surface area contributed by atoms with Gasteiger partial charge in [-0.2, -0.15) is 5.10 Å². The normalized spacial score (nSPS) is 19.4. The second-order valence-electron chi connectivity index (χ2n) is 6.11. The largest absolute Gasteiger partial charge is 0.374 e. The van der Waals surface area contributed by atoms with Crippen molar-refractivity contribution >= 4 is 5.65 Å². The fourth-order valence-electron chi connectivity index (χ4n) is 3.16. The molecule has 120 valence electrons. The van der Waals surface area contributed by atoms with Crippen LogP contribution in [0.4, 0.5) is 0 Å². The number of aromatic nitrogens is 4. The minimum atomic E-state index is 0.183. The molecule has 23 heavy (non-hydrogen) atoms. The summed E-state index contributed by atoms with van der Waals surface area (Å²) in [5.41, 5.74) is 3.36. The summed E-state index contributed by atoms with van der Waals surface area (Å²) in [6.45, 7) is 6.38. The van der Waals surface area contributed by atoms with Gasteiger partial charge in [0.2, 0.25) is 0 Å². The van der Waals surface area contributed by atoms with E-state index >= 15 is 0 Å². The average Bonchev–Trinajstić information content (AvgIpc) is 3.18. The fourth-order valence-corrected chi connectivity index (χ4v) is 3.16. The van der Waals surface area contributed by atoms with Crippen molar-refractivity contribution in [2.75, 3.05) is 19.7 Å². The Morgan fingerprint density at radius 3 is 3.09 bits per heavy atom. The standard InChI is InChI=1S/C17H21N5O/c1-14-4-2-6-21-11-15(19-17(14)21)10-20-8-9-23-16(12-20)13-22-7-3-5-18-22/h2-7,11,16H,8-10,12-13H2,1H3/t16-/m0/s1. The Morgan fingerprint density at radius 2 is 2.26 bits per heavy atom. The van der Waals surface area contributed by atoms with Gasteiger partial charge in [0.1, 0.15) is 5.65 Å². The summed E-state index contributed by atoms with van der Waals surface area (Å²) < 4.78 is 9.91. The quantitative estimate of drug-likeness (QED) is 0.736. The smallest absolute Gasteiger partial charge is 0.139 e. The van der Waals surface area contributed by atoms with Crippen molar-refractivity contribution < 1.29 is 4.74 Å². The number of ether oxygens (including phenoxy) is 1. The predicted molar refractivity (Wildman–Crippen MR) is 87.2 cm³/mol. The van der Waals surface area contributed by atoms with Gasteiger partial charge < -0.3 is 9.14 Å². The topological polar surface area (TPSA) is 47.6 Å². The van der Waals surface area contributed by atoms with Crippen LogP contribution in [0.2, 0.25) is 0 Å². The third-order valence-corrected chi connectivity index (χ3v) is 4.29. The molecule has 4 heterocycles. The lowest BCUT2D eigenvalue weighted by atomic mass is 10.2. The van der Waals surface area contributed by atoms with Crippen LogP contribution >= 0.6 is 0 Å². The van der Waals surface area contributed by atoms with E-state index in [0.29, 0.717) is 0 Å². The number of imidazole rings is 1. The fraction of sp³-hybridized carbons (Fsp3) is 0.412. The molecule has 0 bridgehead atoms. The van der Waals surface area contributed by atoms with E-state index in [4.69, 9.17) is 9.72 Å². The van der Waals surface area contributed by atoms with E-state index in [1.165, 1.54) is 5.56 Å². The molecular weight excluding hydrogens is 290 g/mol. The molecule has 3 aromatic rings. The highest BCUT2D eigenvalue weighted by Crippen LogP contribution is 2.14. The zero-order valence-corrected chi connectivity index (χ0v) is 13.3. The summed E-state index contributed by atoms with van der Waals surface area (Å²) in [4.78, 5) is 7.18. The van der Waals surface area contributed by atoms with Crippen LogP contribution in [-0.2, 0) is 17.8 Å². The number of aryl methyl sites for hydroxylation is 1. The molecule has 0 saturated carbocycles. The van der Waals surface area contributed by atoms with Gasteiger partial charge in [-0.05, 0) is 24.6 Å². The van der Waals surface area contributed by atoms with Crippen LogP contribution in [0, 0.1) is 6.92 Å². The Hall–Kier alpha value is -2.18. The van der Waals surface area contributed by atoms with Crippen molar-refractivity contribution in [2.45, 2.75) is 26.1 Å². The van der Waals surface area contributed by atoms with E-state index in [0.717, 1.165) is 44.1 Å². The van der Waals surface area contributed by atoms with Gasteiger partial charge in [0, 0.05) is 44.4 Å². The predicted octanol–water partition coefficient (Wildman–Crippen LogP) is 1.74. The second-order valence-corrected chi connectivity index (χ2v) is 6.11. The number of morpholine rings is 1. The summed E-state index contributed by atoms with van der Waals surface area (Å²) in [6.07, 6.45) is 8.15. The summed E-state index contributed by atoms with van der Waals surface area (Å²) in [5.74, 6) is 0. The molecule has 1 aliphatic rings. The van der Waals surface area contributed by atoms with Crippen LogP contribution in [0.5, 0.6) is 0 Å². The minimum absolute atomic E-state index is 0.183. The zero-order valence-electron chi connectivity index (χ0n) is 13.3. The molecule has 1 aliphatic heterocycles. The van der Waals surface area contributed by atoms with Gasteiger partial charge in [0.15, 0.2) is 0 Å². The minimum Gasteiger partial charge on any atom is -0.374 e. The number of hydrogen-bond acceptors (Lipinski definition) is 4. The Kier molecular flexibility index (Phi) is 3.85. The van der Waals surface area contributed by atoms with Crippen molar-refractivity contribution in [3.05, 3.63) is 54.2 Å². The van der Waals surface area contributed by atoms with Gasteiger partial charge in [-0.25, -0.2) is 4.98 Å². The van der Waals surface area contributed by atoms with Crippen LogP contribution in [0.15, 0.2) is 43.0 Å². The SMILES string of the molecule is Cc1cccn2cc(CN3CCO[C@H](Cn4cccn4)C3)nc12. The Morgan fingerprint density at radius 1 is 1.30 bits per heavy atom. The van der Waals surface area contributed by atoms with Crippen LogP contribution in [0.3, 0.4) is 0 Å². The highest BCUT2D eigenvalue weighted by Gasteiger charge is 2.21. The lowest BCUT2D eigenvalue weighted by Crippen LogP contribution is -2.43. The molecule has 6 nitrogen and oxygen atoms in total. The van der Waals surface area contributed by atoms with E-state index in [1.807, 2.05) is 16.9 Å². The molecule has 1 saturated heterocycles. The van der Waals surface area contributed by atoms with Crippen LogP contribution in [0.1, 0.15) is 11.3 Å². The van der Waals surface area contributed by atoms with E-state index in [2.05, 4.69) is 45.8 Å². The highest BCUT2D eigenvalue weighted by atomic mass is 16.5. The molecule has 1 atom stereocenters. The summed E-state index contributed by atoms with van der Waals surface area (Å²) >= 11 is 0. The van der Waals surface area contributed by atoms with Crippen LogP contribution in [0.25, 0.3) is 5.65 Å². The Balaban J connectivity index is 1.44. The van der Waals surface area contributed by atoms with Gasteiger partial charge in [0.05, 0.1) is 24.9 Å². The Bertz CT molecular complexity index is 779. The molecular formula is C17H21N5O. The number of hydrogen-bond donors (Lipinski definition) is 0. The molecule has 4 rings (SSSR count). The molecule has 6 heteroatoms. The first kappa shape index (κ1) is 14.4. The molecule has 0 radical (unpaired) electrons. The number of nitrogens with zero attached hydrogens (tertiary/aromatic N) is 5. The second kappa shape index (κ2) is 6.14. The maximum atomic E-state index is 5.87. The van der Waals surface area contributed by atoms with Gasteiger partial charge in [-0.1, -0.05) is 6.07 Å². The van der Waals surface area contributed by atoms with E-state index < -0.39 is 0 Å². The first-order valence-corrected chi connectivity index (χ1v) is 8.02. The first-order chi connectivity index (χ1) is 11.3. The van der Waals surface area contributed by atoms with Crippen molar-refractivity contribution in [1.29, 1.82) is 0 Å². The lowest BCUT2D eigenvalue weighted by molar-refractivity contribution is -0.0405. The van der Waals surface area contributed by atoms with E-state index in [-0.39, 0.29) is 6.10 Å². The van der Waals surface area contributed by atoms with Crippen molar-refractivity contribution in [2.24, 2.45) is 0 Å². The number of pyridine rings is 1. The molecule has 0 unspecified atom stereocenters. The molecule has 0 amide bonds. The zero-order chi connectivity index (χ0) is 15.6. The van der Waals surface area contributed by atoms with Gasteiger partial charge >= 0.3 is 0 Å². The van der Waals surface area contributed by atoms with Crippen molar-refractivity contribution in [1.82, 2.24) is 24.1 Å². The molecule has 0 aromatic carbocycles. The maximum Gasteiger partial charge on any atom is 0.139 e. The third-order valence-electron chi connectivity index (χ3n) is 4.29. The third kappa shape index (κ3) is 3.13. The van der Waals surface area contributed by atoms with Gasteiger partial charge in [-0.15, -0.1) is 0 Å². The number of fused-ring (bicyclic) bond motifs is 1. The molecule has 0 spiro atoms. The average molecular weight is 311 g/mol. The molecule has 0 N–H and O–H groups in total. The van der Waals surface area contributed by atoms with Crippen molar-refractivity contribution in [3.63, 3.8) is 0 Å². The van der Waals surface area contributed by atoms with Crippen LogP contribution < -0.4 is 0 Å². The maximum absolute atomic E-state index is 5.87. The monoisotopic (exact) mass is 311 g/mol. The summed E-state index contributed by atoms with van der Waals surface area (Å²) in [6, 6.07) is 6.10. The van der Waals surface area contributed by atoms with E-state index in [9.17, 15) is 0 Å². The van der Waals surface area contributed by atoms with Crippen LogP contribution in [-0.4, -0.2) is 49.9 Å². The molecule has 3 aromatic heterocycles. The summed E-state index contributed by atoms with van der Waals surface area (Å²) in [7, 11) is 0. The number of rotatable bonds is 4. The first-order valence-electron chi connectivity index (χ1n) is 8.02. The highest BCUT2D eigenvalue weighted by molar-refractivity contribution is 5.47. The van der Waals surface area contributed by atoms with Gasteiger partial charge in [-0.3, -0.25) is 9.58 Å². The molecule has 0 aliphatic carbocycles.